The zero-order chi connectivity index (χ0) is 13.0. The number of nitrogens with two attached hydrogens (primary N) is 1. The van der Waals surface area contributed by atoms with Gasteiger partial charge in [-0.3, -0.25) is 4.79 Å². The number of amides is 1. The van der Waals surface area contributed by atoms with E-state index in [9.17, 15) is 9.18 Å². The van der Waals surface area contributed by atoms with E-state index in [4.69, 9.17) is 5.73 Å². The lowest BCUT2D eigenvalue weighted by Crippen LogP contribution is -2.26. The number of carbonyl (C=O) groups is 1. The summed E-state index contributed by atoms with van der Waals surface area (Å²) < 4.78 is 17.9. The minimum absolute atomic E-state index is 0.0805. The number of anilines is 1. The molecule has 1 aromatic heterocycles. The zero-order valence-electron chi connectivity index (χ0n) is 9.39. The van der Waals surface area contributed by atoms with E-state index in [1.807, 2.05) is 0 Å². The van der Waals surface area contributed by atoms with Crippen molar-refractivity contribution in [1.82, 2.24) is 15.5 Å². The molecular weight excluding hydrogens is 239 g/mol. The summed E-state index contributed by atoms with van der Waals surface area (Å²) in [6.45, 7) is 0.284. The molecule has 6 nitrogen and oxygen atoms in total. The number of hydrogen-bond acceptors (Lipinski definition) is 5. The Labute approximate surface area is 102 Å². The number of nitrogens with one attached hydrogen (secondary N) is 1. The summed E-state index contributed by atoms with van der Waals surface area (Å²) in [5, 5.41) is 6.14. The Balaban J connectivity index is 1.93. The predicted molar refractivity (Wildman–Crippen MR) is 61.1 cm³/mol. The fourth-order valence-corrected chi connectivity index (χ4v) is 1.40. The van der Waals surface area contributed by atoms with Crippen molar-refractivity contribution in [3.05, 3.63) is 41.8 Å². The Morgan fingerprint density at radius 2 is 2.33 bits per heavy atom. The third kappa shape index (κ3) is 2.82. The summed E-state index contributed by atoms with van der Waals surface area (Å²) >= 11 is 0. The minimum Gasteiger partial charge on any atom is -0.399 e. The average molecular weight is 250 g/mol. The van der Waals surface area contributed by atoms with Gasteiger partial charge in [-0.25, -0.2) is 4.39 Å². The van der Waals surface area contributed by atoms with Crippen molar-refractivity contribution < 1.29 is 13.7 Å². The topological polar surface area (TPSA) is 94.0 Å². The standard InChI is InChI=1S/C11H11FN4O2/c12-9-2-1-7(13)5-8(9)11(17)14-4-3-10-15-6-18-16-10/h1-2,5-6H,3-4,13H2,(H,14,17). The van der Waals surface area contributed by atoms with E-state index in [1.165, 1.54) is 18.5 Å². The number of hydrogen-bond donors (Lipinski definition) is 2. The van der Waals surface area contributed by atoms with E-state index in [2.05, 4.69) is 20.0 Å². The van der Waals surface area contributed by atoms with Gasteiger partial charge < -0.3 is 15.6 Å². The highest BCUT2D eigenvalue weighted by Gasteiger charge is 2.11. The Bertz CT molecular complexity index is 542. The molecule has 2 rings (SSSR count). The Morgan fingerprint density at radius 1 is 1.50 bits per heavy atom. The van der Waals surface area contributed by atoms with Crippen LogP contribution < -0.4 is 11.1 Å². The van der Waals surface area contributed by atoms with Gasteiger partial charge in [-0.15, -0.1) is 0 Å². The van der Waals surface area contributed by atoms with Crippen molar-refractivity contribution in [3.8, 4) is 0 Å². The van der Waals surface area contributed by atoms with Gasteiger partial charge in [0.05, 0.1) is 5.56 Å². The third-order valence-corrected chi connectivity index (χ3v) is 2.28. The highest BCUT2D eigenvalue weighted by molar-refractivity contribution is 5.95. The molecule has 0 saturated heterocycles. The second kappa shape index (κ2) is 5.26. The molecular formula is C11H11FN4O2. The van der Waals surface area contributed by atoms with E-state index in [1.54, 1.807) is 0 Å². The molecule has 3 N–H and O–H groups in total. The first-order valence-electron chi connectivity index (χ1n) is 5.25. The van der Waals surface area contributed by atoms with E-state index >= 15 is 0 Å². The van der Waals surface area contributed by atoms with Gasteiger partial charge in [-0.2, -0.15) is 4.98 Å². The minimum atomic E-state index is -0.610. The Morgan fingerprint density at radius 3 is 3.06 bits per heavy atom. The number of carbonyl (C=O) groups excluding carboxylic acids is 1. The Kier molecular flexibility index (Phi) is 3.52. The summed E-state index contributed by atoms with van der Waals surface area (Å²) in [6.07, 6.45) is 1.61. The molecule has 2 aromatic rings. The molecule has 0 aliphatic heterocycles. The predicted octanol–water partition coefficient (Wildman–Crippen LogP) is 0.763. The van der Waals surface area contributed by atoms with Crippen LogP contribution in [0, 0.1) is 5.82 Å². The third-order valence-electron chi connectivity index (χ3n) is 2.28. The van der Waals surface area contributed by atoms with Gasteiger partial charge in [0.25, 0.3) is 5.91 Å². The maximum absolute atomic E-state index is 13.4. The molecule has 0 unspecified atom stereocenters. The highest BCUT2D eigenvalue weighted by atomic mass is 19.1. The number of nitrogen functional groups attached to an aromatic ring is 1. The van der Waals surface area contributed by atoms with Gasteiger partial charge in [0.15, 0.2) is 5.82 Å². The lowest BCUT2D eigenvalue weighted by atomic mass is 10.1. The maximum atomic E-state index is 13.4. The molecule has 0 aliphatic carbocycles. The number of nitrogens with zero attached hydrogens (tertiary/aromatic N) is 2. The first kappa shape index (κ1) is 12.0. The van der Waals surface area contributed by atoms with Crippen LogP contribution in [0.1, 0.15) is 16.2 Å². The van der Waals surface area contributed by atoms with Crippen LogP contribution >= 0.6 is 0 Å². The number of rotatable bonds is 4. The SMILES string of the molecule is Nc1ccc(F)c(C(=O)NCCc2ncon2)c1. The fourth-order valence-electron chi connectivity index (χ4n) is 1.40. The van der Waals surface area contributed by atoms with Crippen molar-refractivity contribution in [2.75, 3.05) is 12.3 Å². The molecule has 0 fully saturated rings. The molecule has 0 saturated carbocycles. The van der Waals surface area contributed by atoms with Gasteiger partial charge in [-0.1, -0.05) is 5.16 Å². The van der Waals surface area contributed by atoms with E-state index in [0.717, 1.165) is 6.07 Å². The van der Waals surface area contributed by atoms with E-state index < -0.39 is 11.7 Å². The smallest absolute Gasteiger partial charge is 0.254 e. The van der Waals surface area contributed by atoms with Crippen molar-refractivity contribution in [2.45, 2.75) is 6.42 Å². The van der Waals surface area contributed by atoms with E-state index in [-0.39, 0.29) is 12.1 Å². The number of halogens is 1. The quantitative estimate of drug-likeness (QED) is 0.781. The van der Waals surface area contributed by atoms with Gasteiger partial charge >= 0.3 is 0 Å². The molecule has 1 aromatic carbocycles. The lowest BCUT2D eigenvalue weighted by molar-refractivity contribution is 0.0950. The molecule has 0 radical (unpaired) electrons. The summed E-state index contributed by atoms with van der Waals surface area (Å²) in [4.78, 5) is 15.5. The van der Waals surface area contributed by atoms with Crippen LogP contribution in [0.5, 0.6) is 0 Å². The van der Waals surface area contributed by atoms with Crippen LogP contribution in [0.3, 0.4) is 0 Å². The molecule has 0 bridgehead atoms. The molecule has 0 atom stereocenters. The first-order valence-corrected chi connectivity index (χ1v) is 5.25. The van der Waals surface area contributed by atoms with Crippen LogP contribution in [0.4, 0.5) is 10.1 Å². The second-order valence-corrected chi connectivity index (χ2v) is 3.59. The van der Waals surface area contributed by atoms with Crippen LogP contribution in [0.2, 0.25) is 0 Å². The number of aromatic nitrogens is 2. The molecule has 94 valence electrons. The van der Waals surface area contributed by atoms with Gasteiger partial charge in [-0.05, 0) is 18.2 Å². The van der Waals surface area contributed by atoms with Crippen molar-refractivity contribution in [2.24, 2.45) is 0 Å². The lowest BCUT2D eigenvalue weighted by Gasteiger charge is -2.05. The van der Waals surface area contributed by atoms with Crippen LogP contribution in [-0.4, -0.2) is 22.6 Å². The second-order valence-electron chi connectivity index (χ2n) is 3.59. The average Bonchev–Trinajstić information content (AvgIpc) is 2.85. The summed E-state index contributed by atoms with van der Waals surface area (Å²) in [6, 6.07) is 3.84. The first-order chi connectivity index (χ1) is 8.66. The van der Waals surface area contributed by atoms with Crippen LogP contribution in [0.25, 0.3) is 0 Å². The fraction of sp³-hybridized carbons (Fsp3) is 0.182. The van der Waals surface area contributed by atoms with Crippen molar-refractivity contribution in [1.29, 1.82) is 0 Å². The number of benzene rings is 1. The monoisotopic (exact) mass is 250 g/mol. The summed E-state index contributed by atoms with van der Waals surface area (Å²) in [5.74, 6) is -0.659. The van der Waals surface area contributed by atoms with Crippen LogP contribution in [0.15, 0.2) is 29.1 Å². The molecule has 1 heterocycles. The normalized spacial score (nSPS) is 10.3. The van der Waals surface area contributed by atoms with Crippen molar-refractivity contribution >= 4 is 11.6 Å². The molecule has 7 heteroatoms. The van der Waals surface area contributed by atoms with Crippen molar-refractivity contribution in [3.63, 3.8) is 0 Å². The molecule has 0 spiro atoms. The largest absolute Gasteiger partial charge is 0.399 e. The summed E-state index contributed by atoms with van der Waals surface area (Å²) in [7, 11) is 0. The maximum Gasteiger partial charge on any atom is 0.254 e. The molecule has 1 amide bonds. The van der Waals surface area contributed by atoms with Gasteiger partial charge in [0.2, 0.25) is 6.39 Å². The van der Waals surface area contributed by atoms with E-state index in [0.29, 0.717) is 17.9 Å². The highest BCUT2D eigenvalue weighted by Crippen LogP contribution is 2.11. The Hall–Kier alpha value is -2.44. The van der Waals surface area contributed by atoms with Gasteiger partial charge in [0, 0.05) is 18.7 Å². The van der Waals surface area contributed by atoms with Crippen LogP contribution in [-0.2, 0) is 6.42 Å². The summed E-state index contributed by atoms with van der Waals surface area (Å²) in [5.41, 5.74) is 5.74. The molecule has 18 heavy (non-hydrogen) atoms. The molecule has 0 aliphatic rings. The van der Waals surface area contributed by atoms with Gasteiger partial charge in [0.1, 0.15) is 5.82 Å². The zero-order valence-corrected chi connectivity index (χ0v) is 9.39.